The third-order valence-corrected chi connectivity index (χ3v) is 1.53. The number of carbonyl (C=O) groups excluding carboxylic acids is 1. The van der Waals surface area contributed by atoms with Gasteiger partial charge in [-0.25, -0.2) is 0 Å². The Kier molecular flexibility index (Phi) is 4.99. The third-order valence-electron chi connectivity index (χ3n) is 1.53. The van der Waals surface area contributed by atoms with Crippen LogP contribution >= 0.6 is 0 Å². The number of hydrogen-bond acceptors (Lipinski definition) is 1. The van der Waals surface area contributed by atoms with E-state index in [0.29, 0.717) is 6.04 Å². The lowest BCUT2D eigenvalue weighted by Gasteiger charge is -2.10. The van der Waals surface area contributed by atoms with Crippen LogP contribution in [0.5, 0.6) is 0 Å². The van der Waals surface area contributed by atoms with E-state index in [1.807, 2.05) is 6.92 Å². The van der Waals surface area contributed by atoms with Crippen molar-refractivity contribution < 1.29 is 4.79 Å². The number of carbonyl (C=O) groups is 1. The smallest absolute Gasteiger partial charge is 0.207 e. The highest BCUT2D eigenvalue weighted by atomic mass is 16.1. The van der Waals surface area contributed by atoms with Crippen LogP contribution < -0.4 is 5.32 Å². The monoisotopic (exact) mass is 143 g/mol. The van der Waals surface area contributed by atoms with Gasteiger partial charge in [-0.1, -0.05) is 13.8 Å². The van der Waals surface area contributed by atoms with Crippen LogP contribution in [0.2, 0.25) is 0 Å². The zero-order chi connectivity index (χ0) is 7.98. The molecule has 1 atom stereocenters. The van der Waals surface area contributed by atoms with Crippen LogP contribution in [-0.4, -0.2) is 12.5 Å². The summed E-state index contributed by atoms with van der Waals surface area (Å²) in [6.07, 6.45) is 3.03. The van der Waals surface area contributed by atoms with Crippen molar-refractivity contribution in [2.45, 2.75) is 39.7 Å². The number of nitrogens with one attached hydrogen (secondary N) is 1. The third kappa shape index (κ3) is 5.60. The molecule has 2 nitrogen and oxygen atoms in total. The maximum atomic E-state index is 9.95. The number of rotatable bonds is 5. The lowest BCUT2D eigenvalue weighted by molar-refractivity contribution is -0.110. The van der Waals surface area contributed by atoms with Crippen molar-refractivity contribution in [2.75, 3.05) is 0 Å². The van der Waals surface area contributed by atoms with E-state index in [1.54, 1.807) is 0 Å². The molecule has 0 radical (unpaired) electrons. The Morgan fingerprint density at radius 2 is 1.90 bits per heavy atom. The summed E-state index contributed by atoms with van der Waals surface area (Å²) in [7, 11) is 0. The molecule has 1 unspecified atom stereocenters. The van der Waals surface area contributed by atoms with Crippen molar-refractivity contribution in [3.05, 3.63) is 0 Å². The molecule has 0 aliphatic rings. The van der Waals surface area contributed by atoms with Gasteiger partial charge in [-0.05, 0) is 25.7 Å². The molecule has 60 valence electrons. The predicted octanol–water partition coefficient (Wildman–Crippen LogP) is 1.56. The molecular weight excluding hydrogens is 126 g/mol. The van der Waals surface area contributed by atoms with Gasteiger partial charge in [-0.15, -0.1) is 0 Å². The Hall–Kier alpha value is -0.530. The molecule has 0 bridgehead atoms. The highest BCUT2D eigenvalue weighted by Crippen LogP contribution is 2.05. The van der Waals surface area contributed by atoms with Crippen LogP contribution in [0.25, 0.3) is 0 Å². The average molecular weight is 143 g/mol. The standard InChI is InChI=1S/C8H17NO/c1-7(2)4-5-8(3)9-6-10/h6-8H,4-5H2,1-3H3,(H,9,10). The van der Waals surface area contributed by atoms with Crippen LogP contribution in [0.15, 0.2) is 0 Å². The van der Waals surface area contributed by atoms with Gasteiger partial charge in [-0.3, -0.25) is 4.79 Å². The Bertz CT molecular complexity index is 91.3. The maximum absolute atomic E-state index is 9.95. The molecule has 0 heterocycles. The maximum Gasteiger partial charge on any atom is 0.207 e. The highest BCUT2D eigenvalue weighted by molar-refractivity contribution is 5.46. The van der Waals surface area contributed by atoms with Crippen LogP contribution in [-0.2, 0) is 4.79 Å². The van der Waals surface area contributed by atoms with Crippen LogP contribution in [0, 0.1) is 5.92 Å². The van der Waals surface area contributed by atoms with E-state index in [1.165, 1.54) is 6.42 Å². The van der Waals surface area contributed by atoms with Gasteiger partial charge >= 0.3 is 0 Å². The van der Waals surface area contributed by atoms with Crippen molar-refractivity contribution >= 4 is 6.41 Å². The normalized spacial score (nSPS) is 13.2. The van der Waals surface area contributed by atoms with Gasteiger partial charge < -0.3 is 5.32 Å². The second kappa shape index (κ2) is 5.27. The van der Waals surface area contributed by atoms with Crippen LogP contribution in [0.1, 0.15) is 33.6 Å². The summed E-state index contributed by atoms with van der Waals surface area (Å²) in [6, 6.07) is 0.333. The number of hydrogen-bond donors (Lipinski definition) is 1. The zero-order valence-corrected chi connectivity index (χ0v) is 7.05. The summed E-state index contributed by atoms with van der Waals surface area (Å²) in [5.74, 6) is 0.732. The van der Waals surface area contributed by atoms with E-state index < -0.39 is 0 Å². The van der Waals surface area contributed by atoms with E-state index in [2.05, 4.69) is 19.2 Å². The fraction of sp³-hybridized carbons (Fsp3) is 0.875. The molecule has 0 aromatic rings. The first kappa shape index (κ1) is 9.47. The second-order valence-electron chi connectivity index (χ2n) is 3.16. The lowest BCUT2D eigenvalue weighted by Crippen LogP contribution is -2.24. The topological polar surface area (TPSA) is 29.1 Å². The second-order valence-corrected chi connectivity index (χ2v) is 3.16. The van der Waals surface area contributed by atoms with Crippen molar-refractivity contribution in [2.24, 2.45) is 5.92 Å². The van der Waals surface area contributed by atoms with E-state index in [-0.39, 0.29) is 0 Å². The first-order valence-electron chi connectivity index (χ1n) is 3.86. The first-order chi connectivity index (χ1) is 4.66. The summed E-state index contributed by atoms with van der Waals surface area (Å²) in [5, 5.41) is 2.72. The highest BCUT2D eigenvalue weighted by Gasteiger charge is 2.00. The van der Waals surface area contributed by atoms with E-state index in [9.17, 15) is 4.79 Å². The van der Waals surface area contributed by atoms with Crippen molar-refractivity contribution in [3.8, 4) is 0 Å². The molecule has 1 amide bonds. The predicted molar refractivity (Wildman–Crippen MR) is 42.7 cm³/mol. The molecule has 0 saturated heterocycles. The SMILES string of the molecule is CC(C)CCC(C)NC=O. The number of amides is 1. The Morgan fingerprint density at radius 3 is 2.30 bits per heavy atom. The summed E-state index contributed by atoms with van der Waals surface area (Å²) in [6.45, 7) is 6.40. The van der Waals surface area contributed by atoms with Gasteiger partial charge in [0.25, 0.3) is 0 Å². The fourth-order valence-corrected chi connectivity index (χ4v) is 0.783. The summed E-state index contributed by atoms with van der Waals surface area (Å²) in [4.78, 5) is 9.95. The molecule has 0 saturated carbocycles. The zero-order valence-electron chi connectivity index (χ0n) is 7.05. The molecule has 10 heavy (non-hydrogen) atoms. The lowest BCUT2D eigenvalue weighted by atomic mass is 10.0. The molecule has 0 aromatic heterocycles. The summed E-state index contributed by atoms with van der Waals surface area (Å²) < 4.78 is 0. The Balaban J connectivity index is 3.20. The summed E-state index contributed by atoms with van der Waals surface area (Å²) >= 11 is 0. The molecule has 0 fully saturated rings. The quantitative estimate of drug-likeness (QED) is 0.581. The van der Waals surface area contributed by atoms with Gasteiger partial charge in [-0.2, -0.15) is 0 Å². The Morgan fingerprint density at radius 1 is 1.30 bits per heavy atom. The first-order valence-corrected chi connectivity index (χ1v) is 3.86. The molecule has 0 aliphatic carbocycles. The molecule has 0 rings (SSSR count). The van der Waals surface area contributed by atoms with Crippen LogP contribution in [0.3, 0.4) is 0 Å². The minimum Gasteiger partial charge on any atom is -0.356 e. The van der Waals surface area contributed by atoms with Gasteiger partial charge in [0.05, 0.1) is 0 Å². The fourth-order valence-electron chi connectivity index (χ4n) is 0.783. The van der Waals surface area contributed by atoms with E-state index >= 15 is 0 Å². The molecule has 1 N–H and O–H groups in total. The van der Waals surface area contributed by atoms with Crippen LogP contribution in [0.4, 0.5) is 0 Å². The largest absolute Gasteiger partial charge is 0.356 e. The average Bonchev–Trinajstić information content (AvgIpc) is 1.85. The van der Waals surface area contributed by atoms with Gasteiger partial charge in [0, 0.05) is 6.04 Å². The minimum absolute atomic E-state index is 0.333. The molecular formula is C8H17NO. The Labute approximate surface area is 63.0 Å². The van der Waals surface area contributed by atoms with E-state index in [4.69, 9.17) is 0 Å². The van der Waals surface area contributed by atoms with Gasteiger partial charge in [0.2, 0.25) is 6.41 Å². The van der Waals surface area contributed by atoms with Gasteiger partial charge in [0.1, 0.15) is 0 Å². The molecule has 2 heteroatoms. The molecule has 0 spiro atoms. The molecule has 0 aliphatic heterocycles. The van der Waals surface area contributed by atoms with Gasteiger partial charge in [0.15, 0.2) is 0 Å². The minimum atomic E-state index is 0.333. The van der Waals surface area contributed by atoms with Crippen molar-refractivity contribution in [3.63, 3.8) is 0 Å². The van der Waals surface area contributed by atoms with Crippen molar-refractivity contribution in [1.82, 2.24) is 5.32 Å². The van der Waals surface area contributed by atoms with E-state index in [0.717, 1.165) is 18.7 Å². The summed E-state index contributed by atoms with van der Waals surface area (Å²) in [5.41, 5.74) is 0. The van der Waals surface area contributed by atoms with Crippen molar-refractivity contribution in [1.29, 1.82) is 0 Å². The molecule has 0 aromatic carbocycles.